The Balaban J connectivity index is 2.16. The van der Waals surface area contributed by atoms with E-state index in [1.807, 2.05) is 12.1 Å². The minimum Gasteiger partial charge on any atom is -0.298 e. The van der Waals surface area contributed by atoms with E-state index in [4.69, 9.17) is 0 Å². The lowest BCUT2D eigenvalue weighted by atomic mass is 9.77. The third-order valence-electron chi connectivity index (χ3n) is 4.13. The maximum Gasteiger partial charge on any atom is 0.150 e. The van der Waals surface area contributed by atoms with Gasteiger partial charge in [0, 0.05) is 5.56 Å². The van der Waals surface area contributed by atoms with E-state index in [1.54, 1.807) is 0 Å². The number of carbonyl (C=O) groups is 1. The van der Waals surface area contributed by atoms with Crippen molar-refractivity contribution in [1.82, 2.24) is 0 Å². The first-order valence-electron chi connectivity index (χ1n) is 6.94. The fraction of sp³-hybridized carbons (Fsp3) is 0.278. The second kappa shape index (κ2) is 5.00. The SMILES string of the molecule is Cc1ccc(C=O)c(-c2ccccc2C2CCC2)c1. The van der Waals surface area contributed by atoms with Crippen LogP contribution in [-0.2, 0) is 0 Å². The minimum atomic E-state index is 0.677. The molecule has 2 aromatic rings. The Labute approximate surface area is 114 Å². The Morgan fingerprint density at radius 3 is 2.53 bits per heavy atom. The lowest BCUT2D eigenvalue weighted by molar-refractivity contribution is 0.112. The second-order valence-electron chi connectivity index (χ2n) is 5.42. The molecule has 0 aliphatic heterocycles. The van der Waals surface area contributed by atoms with Crippen molar-refractivity contribution in [2.24, 2.45) is 0 Å². The van der Waals surface area contributed by atoms with Crippen molar-refractivity contribution >= 4 is 6.29 Å². The molecule has 0 N–H and O–H groups in total. The normalized spacial score (nSPS) is 15.0. The zero-order valence-corrected chi connectivity index (χ0v) is 11.2. The fourth-order valence-electron chi connectivity index (χ4n) is 2.82. The molecule has 0 atom stereocenters. The largest absolute Gasteiger partial charge is 0.298 e. The van der Waals surface area contributed by atoms with Gasteiger partial charge in [-0.05, 0) is 42.4 Å². The topological polar surface area (TPSA) is 17.1 Å². The maximum atomic E-state index is 11.3. The van der Waals surface area contributed by atoms with Gasteiger partial charge in [-0.2, -0.15) is 0 Å². The molecule has 1 aliphatic carbocycles. The molecule has 0 unspecified atom stereocenters. The predicted octanol–water partition coefficient (Wildman–Crippen LogP) is 4.74. The Morgan fingerprint density at radius 2 is 1.84 bits per heavy atom. The first-order valence-corrected chi connectivity index (χ1v) is 6.94. The quantitative estimate of drug-likeness (QED) is 0.719. The highest BCUT2D eigenvalue weighted by Crippen LogP contribution is 2.41. The zero-order valence-electron chi connectivity index (χ0n) is 11.2. The molecule has 0 saturated heterocycles. The number of aryl methyl sites for hydroxylation is 1. The van der Waals surface area contributed by atoms with E-state index < -0.39 is 0 Å². The number of rotatable bonds is 3. The summed E-state index contributed by atoms with van der Waals surface area (Å²) in [4.78, 5) is 11.3. The van der Waals surface area contributed by atoms with Crippen LogP contribution in [0.2, 0.25) is 0 Å². The van der Waals surface area contributed by atoms with Crippen molar-refractivity contribution in [1.29, 1.82) is 0 Å². The monoisotopic (exact) mass is 250 g/mol. The molecule has 1 nitrogen and oxygen atoms in total. The second-order valence-corrected chi connectivity index (χ2v) is 5.42. The predicted molar refractivity (Wildman–Crippen MR) is 78.6 cm³/mol. The Morgan fingerprint density at radius 1 is 1.05 bits per heavy atom. The third kappa shape index (κ3) is 2.21. The summed E-state index contributed by atoms with van der Waals surface area (Å²) in [5.41, 5.74) is 5.71. The molecule has 1 fully saturated rings. The van der Waals surface area contributed by atoms with Crippen LogP contribution < -0.4 is 0 Å². The summed E-state index contributed by atoms with van der Waals surface area (Å²) in [6, 6.07) is 14.6. The highest BCUT2D eigenvalue weighted by Gasteiger charge is 2.22. The molecule has 0 bridgehead atoms. The number of hydrogen-bond acceptors (Lipinski definition) is 1. The summed E-state index contributed by atoms with van der Waals surface area (Å²) < 4.78 is 0. The van der Waals surface area contributed by atoms with Gasteiger partial charge < -0.3 is 0 Å². The number of benzene rings is 2. The highest BCUT2D eigenvalue weighted by molar-refractivity contribution is 5.88. The maximum absolute atomic E-state index is 11.3. The van der Waals surface area contributed by atoms with Crippen molar-refractivity contribution in [2.75, 3.05) is 0 Å². The molecule has 0 spiro atoms. The average Bonchev–Trinajstić information content (AvgIpc) is 2.37. The van der Waals surface area contributed by atoms with Gasteiger partial charge >= 0.3 is 0 Å². The standard InChI is InChI=1S/C18H18O/c1-13-9-10-15(12-19)18(11-13)17-8-3-2-7-16(17)14-5-4-6-14/h2-3,7-12,14H,4-6H2,1H3. The van der Waals surface area contributed by atoms with Crippen molar-refractivity contribution in [3.8, 4) is 11.1 Å². The molecule has 2 aromatic carbocycles. The summed E-state index contributed by atoms with van der Waals surface area (Å²) in [5.74, 6) is 0.677. The van der Waals surface area contributed by atoms with Gasteiger partial charge in [0.25, 0.3) is 0 Å². The molecule has 0 aromatic heterocycles. The average molecular weight is 250 g/mol. The summed E-state index contributed by atoms with van der Waals surface area (Å²) >= 11 is 0. The molecule has 19 heavy (non-hydrogen) atoms. The number of carbonyl (C=O) groups excluding carboxylic acids is 1. The van der Waals surface area contributed by atoms with Gasteiger partial charge in [-0.3, -0.25) is 4.79 Å². The van der Waals surface area contributed by atoms with Gasteiger partial charge in [-0.25, -0.2) is 0 Å². The van der Waals surface area contributed by atoms with Crippen LogP contribution in [0.4, 0.5) is 0 Å². The lowest BCUT2D eigenvalue weighted by Crippen LogP contribution is -2.10. The summed E-state index contributed by atoms with van der Waals surface area (Å²) in [6.07, 6.45) is 4.85. The summed E-state index contributed by atoms with van der Waals surface area (Å²) in [7, 11) is 0. The molecule has 96 valence electrons. The third-order valence-corrected chi connectivity index (χ3v) is 4.13. The molecule has 3 rings (SSSR count). The van der Waals surface area contributed by atoms with Crippen molar-refractivity contribution in [2.45, 2.75) is 32.1 Å². The zero-order chi connectivity index (χ0) is 13.2. The van der Waals surface area contributed by atoms with E-state index in [-0.39, 0.29) is 0 Å². The Hall–Kier alpha value is -1.89. The number of hydrogen-bond donors (Lipinski definition) is 0. The first-order chi connectivity index (χ1) is 9.29. The molecule has 0 amide bonds. The van der Waals surface area contributed by atoms with Gasteiger partial charge in [-0.1, -0.05) is 54.4 Å². The van der Waals surface area contributed by atoms with Crippen LogP contribution in [0.15, 0.2) is 42.5 Å². The molecule has 1 saturated carbocycles. The van der Waals surface area contributed by atoms with Gasteiger partial charge in [0.2, 0.25) is 0 Å². The Kier molecular flexibility index (Phi) is 3.20. The van der Waals surface area contributed by atoms with Crippen molar-refractivity contribution in [3.05, 3.63) is 59.2 Å². The lowest BCUT2D eigenvalue weighted by Gasteiger charge is -2.28. The van der Waals surface area contributed by atoms with E-state index in [1.165, 1.54) is 36.0 Å². The molecule has 0 radical (unpaired) electrons. The van der Waals surface area contributed by atoms with E-state index in [2.05, 4.69) is 37.3 Å². The number of aldehydes is 1. The van der Waals surface area contributed by atoms with E-state index in [0.717, 1.165) is 17.4 Å². The van der Waals surface area contributed by atoms with Crippen LogP contribution >= 0.6 is 0 Å². The van der Waals surface area contributed by atoms with Gasteiger partial charge in [0.1, 0.15) is 0 Å². The van der Waals surface area contributed by atoms with Crippen LogP contribution in [-0.4, -0.2) is 6.29 Å². The van der Waals surface area contributed by atoms with Crippen LogP contribution in [0.5, 0.6) is 0 Å². The van der Waals surface area contributed by atoms with Crippen LogP contribution in [0, 0.1) is 6.92 Å². The highest BCUT2D eigenvalue weighted by atomic mass is 16.1. The first kappa shape index (κ1) is 12.2. The van der Waals surface area contributed by atoms with Crippen LogP contribution in [0.1, 0.15) is 46.7 Å². The molecule has 1 heteroatoms. The molecular formula is C18H18O. The summed E-state index contributed by atoms with van der Waals surface area (Å²) in [6.45, 7) is 2.07. The van der Waals surface area contributed by atoms with Gasteiger partial charge in [0.05, 0.1) is 0 Å². The van der Waals surface area contributed by atoms with Crippen molar-refractivity contribution in [3.63, 3.8) is 0 Å². The molecular weight excluding hydrogens is 232 g/mol. The Bertz CT molecular complexity index is 609. The van der Waals surface area contributed by atoms with Gasteiger partial charge in [-0.15, -0.1) is 0 Å². The minimum absolute atomic E-state index is 0.677. The van der Waals surface area contributed by atoms with Gasteiger partial charge in [0.15, 0.2) is 6.29 Å². The smallest absolute Gasteiger partial charge is 0.150 e. The van der Waals surface area contributed by atoms with E-state index in [0.29, 0.717) is 5.92 Å². The van der Waals surface area contributed by atoms with Crippen molar-refractivity contribution < 1.29 is 4.79 Å². The van der Waals surface area contributed by atoms with E-state index in [9.17, 15) is 4.79 Å². The summed E-state index contributed by atoms with van der Waals surface area (Å²) in [5, 5.41) is 0. The van der Waals surface area contributed by atoms with Crippen LogP contribution in [0.3, 0.4) is 0 Å². The molecule has 0 heterocycles. The molecule has 1 aliphatic rings. The van der Waals surface area contributed by atoms with E-state index >= 15 is 0 Å². The van der Waals surface area contributed by atoms with Crippen LogP contribution in [0.25, 0.3) is 11.1 Å². The fourth-order valence-corrected chi connectivity index (χ4v) is 2.82.